The van der Waals surface area contributed by atoms with E-state index in [1.807, 2.05) is 0 Å². The van der Waals surface area contributed by atoms with Crippen LogP contribution < -0.4 is 5.73 Å². The number of methoxy groups -OCH3 is 1. The predicted molar refractivity (Wildman–Crippen MR) is 59.4 cm³/mol. The molecule has 0 aliphatic rings. The molecule has 84 valence electrons. The number of nitrogens with two attached hydrogens (primary N) is 1. The second-order valence-corrected chi connectivity index (χ2v) is 5.37. The number of rotatable bonds is 4. The maximum atomic E-state index is 11.9. The highest BCUT2D eigenvalue weighted by atomic mass is 32.2. The first-order valence-corrected chi connectivity index (χ1v) is 6.22. The van der Waals surface area contributed by atoms with Crippen LogP contribution in [0.1, 0.15) is 6.92 Å². The molecule has 1 unspecified atom stereocenters. The number of para-hydroxylation sites is 1. The number of benzene rings is 1. The minimum Gasteiger partial charge on any atom is -0.398 e. The molecule has 2 N–H and O–H groups in total. The van der Waals surface area contributed by atoms with Crippen molar-refractivity contribution in [2.24, 2.45) is 0 Å². The molecule has 15 heavy (non-hydrogen) atoms. The fraction of sp³-hybridized carbons (Fsp3) is 0.400. The number of sulfone groups is 1. The Labute approximate surface area is 90.0 Å². The van der Waals surface area contributed by atoms with Crippen LogP contribution in [0.25, 0.3) is 0 Å². The van der Waals surface area contributed by atoms with Crippen molar-refractivity contribution in [3.63, 3.8) is 0 Å². The molecule has 0 aromatic heterocycles. The lowest BCUT2D eigenvalue weighted by atomic mass is 10.3. The standard InChI is InChI=1S/C10H15NO3S/c1-8(14-2)7-15(12,13)10-6-4-3-5-9(10)11/h3-6,8H,7,11H2,1-2H3. The van der Waals surface area contributed by atoms with E-state index in [9.17, 15) is 8.42 Å². The van der Waals surface area contributed by atoms with Gasteiger partial charge in [0.25, 0.3) is 0 Å². The molecule has 0 bridgehead atoms. The van der Waals surface area contributed by atoms with Gasteiger partial charge in [-0.25, -0.2) is 8.42 Å². The van der Waals surface area contributed by atoms with Crippen molar-refractivity contribution in [2.45, 2.75) is 17.9 Å². The Hall–Kier alpha value is -1.07. The van der Waals surface area contributed by atoms with E-state index in [1.165, 1.54) is 13.2 Å². The minimum absolute atomic E-state index is 0.0578. The summed E-state index contributed by atoms with van der Waals surface area (Å²) >= 11 is 0. The average Bonchev–Trinajstić information content (AvgIpc) is 2.17. The Kier molecular flexibility index (Phi) is 3.71. The maximum absolute atomic E-state index is 11.9. The van der Waals surface area contributed by atoms with Crippen LogP contribution in [-0.4, -0.2) is 27.4 Å². The Morgan fingerprint density at radius 3 is 2.53 bits per heavy atom. The highest BCUT2D eigenvalue weighted by Crippen LogP contribution is 2.19. The van der Waals surface area contributed by atoms with Crippen LogP contribution in [0.15, 0.2) is 29.2 Å². The highest BCUT2D eigenvalue weighted by molar-refractivity contribution is 7.91. The first-order chi connectivity index (χ1) is 6.97. The summed E-state index contributed by atoms with van der Waals surface area (Å²) in [6, 6.07) is 6.44. The van der Waals surface area contributed by atoms with Gasteiger partial charge in [0.2, 0.25) is 0 Å². The highest BCUT2D eigenvalue weighted by Gasteiger charge is 2.20. The largest absolute Gasteiger partial charge is 0.398 e. The summed E-state index contributed by atoms with van der Waals surface area (Å²) < 4.78 is 28.7. The smallest absolute Gasteiger partial charge is 0.182 e. The van der Waals surface area contributed by atoms with Crippen LogP contribution in [0.3, 0.4) is 0 Å². The lowest BCUT2D eigenvalue weighted by molar-refractivity contribution is 0.136. The fourth-order valence-electron chi connectivity index (χ4n) is 1.23. The normalized spacial score (nSPS) is 13.7. The third kappa shape index (κ3) is 2.94. The molecule has 5 heteroatoms. The summed E-state index contributed by atoms with van der Waals surface area (Å²) in [5.41, 5.74) is 5.88. The second kappa shape index (κ2) is 4.63. The number of nitrogen functional groups attached to an aromatic ring is 1. The molecule has 1 aromatic rings. The van der Waals surface area contributed by atoms with Gasteiger partial charge >= 0.3 is 0 Å². The van der Waals surface area contributed by atoms with Crippen molar-refractivity contribution < 1.29 is 13.2 Å². The van der Waals surface area contributed by atoms with Gasteiger partial charge in [0.15, 0.2) is 9.84 Å². The molecule has 1 rings (SSSR count). The van der Waals surface area contributed by atoms with Crippen LogP contribution in [-0.2, 0) is 14.6 Å². The van der Waals surface area contributed by atoms with Gasteiger partial charge < -0.3 is 10.5 Å². The van der Waals surface area contributed by atoms with Gasteiger partial charge in [0, 0.05) is 7.11 Å². The van der Waals surface area contributed by atoms with Crippen LogP contribution in [0.5, 0.6) is 0 Å². The van der Waals surface area contributed by atoms with Gasteiger partial charge in [0.05, 0.1) is 22.4 Å². The summed E-state index contributed by atoms with van der Waals surface area (Å²) in [6.45, 7) is 1.71. The molecular formula is C10H15NO3S. The van der Waals surface area contributed by atoms with Gasteiger partial charge in [-0.15, -0.1) is 0 Å². The van der Waals surface area contributed by atoms with Crippen molar-refractivity contribution in [2.75, 3.05) is 18.6 Å². The number of hydrogen-bond donors (Lipinski definition) is 1. The Balaban J connectivity index is 3.02. The molecule has 1 aromatic carbocycles. The summed E-state index contributed by atoms with van der Waals surface area (Å²) in [4.78, 5) is 0.175. The molecule has 0 amide bonds. The van der Waals surface area contributed by atoms with Gasteiger partial charge in [-0.3, -0.25) is 0 Å². The van der Waals surface area contributed by atoms with E-state index in [4.69, 9.17) is 10.5 Å². The number of hydrogen-bond acceptors (Lipinski definition) is 4. The van der Waals surface area contributed by atoms with Crippen molar-refractivity contribution in [3.8, 4) is 0 Å². The quantitative estimate of drug-likeness (QED) is 0.784. The summed E-state index contributed by atoms with van der Waals surface area (Å²) in [5, 5.41) is 0. The Morgan fingerprint density at radius 1 is 1.40 bits per heavy atom. The Morgan fingerprint density at radius 2 is 2.00 bits per heavy atom. The van der Waals surface area contributed by atoms with Crippen LogP contribution in [0.4, 0.5) is 5.69 Å². The van der Waals surface area contributed by atoms with E-state index in [-0.39, 0.29) is 22.4 Å². The van der Waals surface area contributed by atoms with E-state index >= 15 is 0 Å². The maximum Gasteiger partial charge on any atom is 0.182 e. The molecule has 0 radical (unpaired) electrons. The van der Waals surface area contributed by atoms with Gasteiger partial charge in [0.1, 0.15) is 0 Å². The van der Waals surface area contributed by atoms with E-state index in [2.05, 4.69) is 0 Å². The molecule has 0 fully saturated rings. The summed E-state index contributed by atoms with van der Waals surface area (Å²) in [5.74, 6) is -0.0578. The Bertz CT molecular complexity index is 428. The molecule has 0 aliphatic carbocycles. The average molecular weight is 229 g/mol. The monoisotopic (exact) mass is 229 g/mol. The zero-order chi connectivity index (χ0) is 11.5. The molecule has 4 nitrogen and oxygen atoms in total. The molecule has 0 saturated heterocycles. The first kappa shape index (κ1) is 12.0. The van der Waals surface area contributed by atoms with Crippen molar-refractivity contribution >= 4 is 15.5 Å². The molecule has 0 heterocycles. The van der Waals surface area contributed by atoms with Gasteiger partial charge in [-0.2, -0.15) is 0 Å². The zero-order valence-electron chi connectivity index (χ0n) is 8.80. The van der Waals surface area contributed by atoms with E-state index in [1.54, 1.807) is 25.1 Å². The number of anilines is 1. The fourth-order valence-corrected chi connectivity index (χ4v) is 2.88. The minimum atomic E-state index is -3.35. The first-order valence-electron chi connectivity index (χ1n) is 4.57. The second-order valence-electron chi connectivity index (χ2n) is 3.37. The third-order valence-electron chi connectivity index (χ3n) is 2.11. The lowest BCUT2D eigenvalue weighted by Gasteiger charge is -2.11. The van der Waals surface area contributed by atoms with E-state index in [0.717, 1.165) is 0 Å². The van der Waals surface area contributed by atoms with E-state index in [0.29, 0.717) is 0 Å². The zero-order valence-corrected chi connectivity index (χ0v) is 9.62. The summed E-state index contributed by atoms with van der Waals surface area (Å²) in [6.07, 6.45) is -0.338. The van der Waals surface area contributed by atoms with Crippen molar-refractivity contribution in [3.05, 3.63) is 24.3 Å². The molecule has 0 saturated carbocycles. The van der Waals surface area contributed by atoms with Crippen LogP contribution in [0, 0.1) is 0 Å². The molecule has 1 atom stereocenters. The van der Waals surface area contributed by atoms with Crippen molar-refractivity contribution in [1.29, 1.82) is 0 Å². The topological polar surface area (TPSA) is 69.4 Å². The van der Waals surface area contributed by atoms with Gasteiger partial charge in [-0.1, -0.05) is 12.1 Å². The van der Waals surface area contributed by atoms with Crippen molar-refractivity contribution in [1.82, 2.24) is 0 Å². The predicted octanol–water partition coefficient (Wildman–Crippen LogP) is 1.08. The lowest BCUT2D eigenvalue weighted by Crippen LogP contribution is -2.20. The third-order valence-corrected chi connectivity index (χ3v) is 4.06. The number of ether oxygens (including phenoxy) is 1. The van der Waals surface area contributed by atoms with Crippen LogP contribution >= 0.6 is 0 Å². The van der Waals surface area contributed by atoms with E-state index < -0.39 is 9.84 Å². The molecule has 0 aliphatic heterocycles. The van der Waals surface area contributed by atoms with Crippen LogP contribution in [0.2, 0.25) is 0 Å². The molecular weight excluding hydrogens is 214 g/mol. The summed E-state index contributed by atoms with van der Waals surface area (Å²) in [7, 11) is -1.87. The molecule has 0 spiro atoms. The SMILES string of the molecule is COC(C)CS(=O)(=O)c1ccccc1N. The van der Waals surface area contributed by atoms with Gasteiger partial charge in [-0.05, 0) is 19.1 Å².